The Morgan fingerprint density at radius 1 is 1.19 bits per heavy atom. The summed E-state index contributed by atoms with van der Waals surface area (Å²) in [5, 5.41) is 14.1. The molecule has 1 N–H and O–H groups in total. The fraction of sp³-hybridized carbons (Fsp3) is 0.450. The zero-order chi connectivity index (χ0) is 19.6. The quantitative estimate of drug-likeness (QED) is 0.870. The smallest absolute Gasteiger partial charge is 0.314 e. The van der Waals surface area contributed by atoms with Crippen LogP contribution >= 0.6 is 0 Å². The van der Waals surface area contributed by atoms with Crippen LogP contribution in [-0.4, -0.2) is 51.4 Å². The lowest BCUT2D eigenvalue weighted by Crippen LogP contribution is -2.50. The van der Waals surface area contributed by atoms with E-state index >= 15 is 0 Å². The number of piperidine rings is 1. The molecule has 2 aromatic rings. The van der Waals surface area contributed by atoms with E-state index in [0.29, 0.717) is 31.7 Å². The lowest BCUT2D eigenvalue weighted by atomic mass is 9.73. The number of nitrogens with zero attached hydrogens (tertiary/aromatic N) is 3. The molecule has 0 spiro atoms. The van der Waals surface area contributed by atoms with Gasteiger partial charge in [-0.1, -0.05) is 30.3 Å². The zero-order valence-corrected chi connectivity index (χ0v) is 15.9. The topological polar surface area (TPSA) is 84.7 Å². The van der Waals surface area contributed by atoms with Gasteiger partial charge >= 0.3 is 5.97 Å². The second-order valence-corrected chi connectivity index (χ2v) is 7.05. The summed E-state index contributed by atoms with van der Waals surface area (Å²) < 4.78 is 7.42. The molecular formula is C20H25N3O4. The van der Waals surface area contributed by atoms with Gasteiger partial charge in [-0.2, -0.15) is 5.10 Å². The highest BCUT2D eigenvalue weighted by molar-refractivity contribution is 5.83. The van der Waals surface area contributed by atoms with Crippen molar-refractivity contribution in [1.29, 1.82) is 0 Å². The molecule has 7 heteroatoms. The van der Waals surface area contributed by atoms with Gasteiger partial charge in [-0.05, 0) is 32.3 Å². The monoisotopic (exact) mass is 371 g/mol. The Kier molecular flexibility index (Phi) is 5.21. The first-order valence-electron chi connectivity index (χ1n) is 9.05. The lowest BCUT2D eigenvalue weighted by molar-refractivity contribution is -0.148. The molecule has 144 valence electrons. The van der Waals surface area contributed by atoms with Crippen molar-refractivity contribution in [2.45, 2.75) is 32.1 Å². The standard InChI is InChI=1S/C20H25N3O4/c1-14-18(15(2)22(3)21-14)27-13-17(24)23-11-9-20(10-12-23,19(25)26)16-7-5-4-6-8-16/h4-8H,9-13H2,1-3H3,(H,25,26). The fourth-order valence-corrected chi connectivity index (χ4v) is 3.71. The number of carbonyl (C=O) groups excluding carboxylic acids is 1. The Balaban J connectivity index is 1.64. The summed E-state index contributed by atoms with van der Waals surface area (Å²) in [6.45, 7) is 4.46. The maximum atomic E-state index is 12.5. The summed E-state index contributed by atoms with van der Waals surface area (Å²) >= 11 is 0. The largest absolute Gasteiger partial charge is 0.481 e. The van der Waals surface area contributed by atoms with Gasteiger partial charge in [-0.25, -0.2) is 0 Å². The van der Waals surface area contributed by atoms with Crippen molar-refractivity contribution in [3.8, 4) is 5.75 Å². The Labute approximate surface area is 158 Å². The molecule has 2 heterocycles. The molecule has 3 rings (SSSR count). The second kappa shape index (κ2) is 7.42. The van der Waals surface area contributed by atoms with Crippen LogP contribution in [0.1, 0.15) is 29.8 Å². The maximum Gasteiger partial charge on any atom is 0.314 e. The van der Waals surface area contributed by atoms with E-state index in [4.69, 9.17) is 4.74 Å². The summed E-state index contributed by atoms with van der Waals surface area (Å²) in [4.78, 5) is 26.2. The van der Waals surface area contributed by atoms with Crippen LogP contribution in [0.15, 0.2) is 30.3 Å². The van der Waals surface area contributed by atoms with E-state index in [1.165, 1.54) is 0 Å². The van der Waals surface area contributed by atoms with Gasteiger partial charge in [0, 0.05) is 20.1 Å². The third-order valence-electron chi connectivity index (χ3n) is 5.49. The van der Waals surface area contributed by atoms with E-state index in [9.17, 15) is 14.7 Å². The van der Waals surface area contributed by atoms with E-state index in [1.54, 1.807) is 9.58 Å². The number of hydrogen-bond acceptors (Lipinski definition) is 4. The number of carboxylic acid groups (broad SMARTS) is 1. The third-order valence-corrected chi connectivity index (χ3v) is 5.49. The summed E-state index contributed by atoms with van der Waals surface area (Å²) in [6.07, 6.45) is 0.784. The van der Waals surface area contributed by atoms with Crippen molar-refractivity contribution in [1.82, 2.24) is 14.7 Å². The third kappa shape index (κ3) is 3.54. The molecule has 1 fully saturated rings. The number of ether oxygens (including phenoxy) is 1. The normalized spacial score (nSPS) is 16.2. The molecule has 1 saturated heterocycles. The number of aromatic nitrogens is 2. The van der Waals surface area contributed by atoms with Gasteiger partial charge in [0.05, 0.1) is 11.1 Å². The number of aryl methyl sites for hydroxylation is 2. The molecule has 7 nitrogen and oxygen atoms in total. The summed E-state index contributed by atoms with van der Waals surface area (Å²) in [5.74, 6) is -0.338. The average molecular weight is 371 g/mol. The molecule has 1 aromatic heterocycles. The summed E-state index contributed by atoms with van der Waals surface area (Å²) in [7, 11) is 1.83. The van der Waals surface area contributed by atoms with Crippen LogP contribution in [0.5, 0.6) is 5.75 Å². The molecule has 0 saturated carbocycles. The molecule has 0 unspecified atom stereocenters. The van der Waals surface area contributed by atoms with E-state index in [1.807, 2.05) is 51.2 Å². The van der Waals surface area contributed by atoms with E-state index < -0.39 is 11.4 Å². The van der Waals surface area contributed by atoms with Crippen molar-refractivity contribution in [3.05, 3.63) is 47.3 Å². The molecule has 0 aliphatic carbocycles. The van der Waals surface area contributed by atoms with Crippen LogP contribution in [0.4, 0.5) is 0 Å². The fourth-order valence-electron chi connectivity index (χ4n) is 3.71. The number of amides is 1. The number of carboxylic acids is 1. The van der Waals surface area contributed by atoms with Gasteiger partial charge in [-0.15, -0.1) is 0 Å². The minimum Gasteiger partial charge on any atom is -0.481 e. The van der Waals surface area contributed by atoms with Gasteiger partial charge in [0.25, 0.3) is 5.91 Å². The lowest BCUT2D eigenvalue weighted by Gasteiger charge is -2.39. The van der Waals surface area contributed by atoms with Crippen LogP contribution in [-0.2, 0) is 22.1 Å². The molecule has 0 atom stereocenters. The number of likely N-dealkylation sites (tertiary alicyclic amines) is 1. The van der Waals surface area contributed by atoms with Gasteiger partial charge in [0.2, 0.25) is 0 Å². The molecule has 0 bridgehead atoms. The number of aliphatic carboxylic acids is 1. The highest BCUT2D eigenvalue weighted by Crippen LogP contribution is 2.36. The molecule has 27 heavy (non-hydrogen) atoms. The second-order valence-electron chi connectivity index (χ2n) is 7.05. The van der Waals surface area contributed by atoms with Crippen LogP contribution in [0, 0.1) is 13.8 Å². The molecule has 0 radical (unpaired) electrons. The summed E-state index contributed by atoms with van der Waals surface area (Å²) in [5.41, 5.74) is 1.47. The molecule has 1 amide bonds. The number of rotatable bonds is 5. The van der Waals surface area contributed by atoms with Gasteiger partial charge in [0.15, 0.2) is 12.4 Å². The van der Waals surface area contributed by atoms with Crippen LogP contribution in [0.3, 0.4) is 0 Å². The minimum atomic E-state index is -0.935. The van der Waals surface area contributed by atoms with E-state index in [0.717, 1.165) is 17.0 Å². The predicted octanol–water partition coefficient (Wildman–Crippen LogP) is 2.06. The Hall–Kier alpha value is -2.83. The van der Waals surface area contributed by atoms with Gasteiger partial charge in [-0.3, -0.25) is 14.3 Å². The predicted molar refractivity (Wildman–Crippen MR) is 99.7 cm³/mol. The number of hydrogen-bond donors (Lipinski definition) is 1. The molecular weight excluding hydrogens is 346 g/mol. The van der Waals surface area contributed by atoms with Gasteiger partial charge < -0.3 is 14.7 Å². The van der Waals surface area contributed by atoms with Crippen LogP contribution in [0.25, 0.3) is 0 Å². The van der Waals surface area contributed by atoms with Crippen molar-refractivity contribution >= 4 is 11.9 Å². The first kappa shape index (κ1) is 18.9. The van der Waals surface area contributed by atoms with Crippen molar-refractivity contribution in [3.63, 3.8) is 0 Å². The molecule has 1 aromatic carbocycles. The van der Waals surface area contributed by atoms with Crippen LogP contribution in [0.2, 0.25) is 0 Å². The minimum absolute atomic E-state index is 0.0707. The molecule has 1 aliphatic heterocycles. The van der Waals surface area contributed by atoms with Crippen molar-refractivity contribution in [2.24, 2.45) is 7.05 Å². The van der Waals surface area contributed by atoms with E-state index in [2.05, 4.69) is 5.10 Å². The Bertz CT molecular complexity index is 836. The SMILES string of the molecule is Cc1nn(C)c(C)c1OCC(=O)N1CCC(C(=O)O)(c2ccccc2)CC1. The first-order valence-corrected chi connectivity index (χ1v) is 9.05. The highest BCUT2D eigenvalue weighted by atomic mass is 16.5. The highest BCUT2D eigenvalue weighted by Gasteiger charge is 2.43. The van der Waals surface area contributed by atoms with Crippen LogP contribution < -0.4 is 4.74 Å². The van der Waals surface area contributed by atoms with E-state index in [-0.39, 0.29) is 12.5 Å². The average Bonchev–Trinajstić information content (AvgIpc) is 2.92. The molecule has 1 aliphatic rings. The van der Waals surface area contributed by atoms with Crippen molar-refractivity contribution in [2.75, 3.05) is 19.7 Å². The zero-order valence-electron chi connectivity index (χ0n) is 15.9. The number of benzene rings is 1. The Morgan fingerprint density at radius 2 is 1.81 bits per heavy atom. The summed E-state index contributed by atoms with van der Waals surface area (Å²) in [6, 6.07) is 9.27. The maximum absolute atomic E-state index is 12.5. The van der Waals surface area contributed by atoms with Gasteiger partial charge in [0.1, 0.15) is 5.69 Å². The Morgan fingerprint density at radius 3 is 2.33 bits per heavy atom. The number of carbonyl (C=O) groups is 2. The first-order chi connectivity index (χ1) is 12.8. The van der Waals surface area contributed by atoms with Crippen molar-refractivity contribution < 1.29 is 19.4 Å².